The van der Waals surface area contributed by atoms with E-state index in [1.54, 1.807) is 0 Å². The first-order valence-electron chi connectivity index (χ1n) is 6.90. The Kier molecular flexibility index (Phi) is 5.54. The van der Waals surface area contributed by atoms with Crippen LogP contribution in [0.15, 0.2) is 0 Å². The molecule has 2 rings (SSSR count). The summed E-state index contributed by atoms with van der Waals surface area (Å²) < 4.78 is 9.31. The molecule has 1 aliphatic rings. The summed E-state index contributed by atoms with van der Waals surface area (Å²) in [6.07, 6.45) is 1.41. The van der Waals surface area contributed by atoms with Gasteiger partial charge >= 0.3 is 6.09 Å². The molecule has 2 heterocycles. The van der Waals surface area contributed by atoms with Gasteiger partial charge in [-0.3, -0.25) is 5.32 Å². The number of hydrogen-bond acceptors (Lipinski definition) is 7. The minimum Gasteiger partial charge on any atom is -0.449 e. The molecule has 0 saturated carbocycles. The Hall–Kier alpha value is -1.41. The minimum atomic E-state index is -0.459. The van der Waals surface area contributed by atoms with Gasteiger partial charge in [0.1, 0.15) is 0 Å². The lowest BCUT2D eigenvalue weighted by Gasteiger charge is -2.31. The van der Waals surface area contributed by atoms with Crippen LogP contribution in [0.2, 0.25) is 0 Å². The quantitative estimate of drug-likeness (QED) is 0.834. The number of nitrogens with one attached hydrogen (secondary N) is 1. The van der Waals surface area contributed by atoms with Crippen molar-refractivity contribution in [2.45, 2.75) is 19.8 Å². The maximum atomic E-state index is 11.5. The van der Waals surface area contributed by atoms with Gasteiger partial charge in [0.15, 0.2) is 0 Å². The second-order valence-corrected chi connectivity index (χ2v) is 5.56. The van der Waals surface area contributed by atoms with Crippen LogP contribution in [0, 0.1) is 0 Å². The van der Waals surface area contributed by atoms with Crippen molar-refractivity contribution in [2.24, 2.45) is 0 Å². The molecule has 1 aliphatic heterocycles. The summed E-state index contributed by atoms with van der Waals surface area (Å²) in [5.41, 5.74) is 0. The molecule has 0 atom stereocenters. The summed E-state index contributed by atoms with van der Waals surface area (Å²) in [6, 6.07) is 0. The van der Waals surface area contributed by atoms with Crippen LogP contribution in [-0.2, 0) is 4.74 Å². The predicted molar refractivity (Wildman–Crippen MR) is 79.5 cm³/mol. The zero-order chi connectivity index (χ0) is 14.4. The van der Waals surface area contributed by atoms with Crippen molar-refractivity contribution in [1.82, 2.24) is 14.3 Å². The van der Waals surface area contributed by atoms with Crippen molar-refractivity contribution in [2.75, 3.05) is 50.1 Å². The summed E-state index contributed by atoms with van der Waals surface area (Å²) in [4.78, 5) is 20.2. The molecule has 1 aromatic heterocycles. The summed E-state index contributed by atoms with van der Waals surface area (Å²) in [5.74, 6) is 0.687. The lowest BCUT2D eigenvalue weighted by Crippen LogP contribution is -2.44. The summed E-state index contributed by atoms with van der Waals surface area (Å²) in [5, 5.41) is 3.10. The molecule has 8 heteroatoms. The molecule has 0 aliphatic carbocycles. The Balaban J connectivity index is 1.81. The number of rotatable bonds is 5. The van der Waals surface area contributed by atoms with E-state index in [2.05, 4.69) is 31.5 Å². The number of unbranched alkanes of at least 4 members (excludes halogenated alkanes) is 1. The molecule has 112 valence electrons. The number of carbonyl (C=O) groups excluding carboxylic acids is 1. The standard InChI is InChI=1S/C12H21N5O2S/c1-3-4-9-19-12(18)14-11-13-10(15-20-11)17-7-5-16(2)6-8-17/h3-9H2,1-2H3,(H,13,14,15,18). The molecule has 0 aromatic carbocycles. The number of carbonyl (C=O) groups is 1. The number of likely N-dealkylation sites (N-methyl/N-ethyl adjacent to an activating group) is 1. The van der Waals surface area contributed by atoms with Crippen LogP contribution in [0.1, 0.15) is 19.8 Å². The van der Waals surface area contributed by atoms with E-state index in [4.69, 9.17) is 4.74 Å². The number of anilines is 2. The van der Waals surface area contributed by atoms with Crippen molar-refractivity contribution in [3.63, 3.8) is 0 Å². The molecule has 0 radical (unpaired) electrons. The summed E-state index contributed by atoms with van der Waals surface area (Å²) >= 11 is 1.18. The highest BCUT2D eigenvalue weighted by molar-refractivity contribution is 7.10. The molecule has 0 spiro atoms. The Labute approximate surface area is 123 Å². The van der Waals surface area contributed by atoms with Crippen molar-refractivity contribution >= 4 is 28.7 Å². The van der Waals surface area contributed by atoms with Gasteiger partial charge in [0.05, 0.1) is 6.61 Å². The third-order valence-corrected chi connectivity index (χ3v) is 3.76. The Morgan fingerprint density at radius 2 is 2.15 bits per heavy atom. The SMILES string of the molecule is CCCCOC(=O)Nc1nc(N2CCN(C)CC2)ns1. The maximum Gasteiger partial charge on any atom is 0.413 e. The molecule has 20 heavy (non-hydrogen) atoms. The van der Waals surface area contributed by atoms with Crippen LogP contribution in [0.25, 0.3) is 0 Å². The average Bonchev–Trinajstić information content (AvgIpc) is 2.88. The van der Waals surface area contributed by atoms with Crippen molar-refractivity contribution in [1.29, 1.82) is 0 Å². The highest BCUT2D eigenvalue weighted by Crippen LogP contribution is 2.19. The van der Waals surface area contributed by atoms with Crippen LogP contribution in [0.4, 0.5) is 15.9 Å². The van der Waals surface area contributed by atoms with E-state index in [0.717, 1.165) is 39.0 Å². The zero-order valence-electron chi connectivity index (χ0n) is 12.0. The van der Waals surface area contributed by atoms with Gasteiger partial charge in [-0.25, -0.2) is 4.79 Å². The van der Waals surface area contributed by atoms with Gasteiger partial charge in [0.2, 0.25) is 11.1 Å². The molecule has 0 unspecified atom stereocenters. The lowest BCUT2D eigenvalue weighted by atomic mass is 10.3. The molecule has 1 amide bonds. The minimum absolute atomic E-state index is 0.437. The second-order valence-electron chi connectivity index (χ2n) is 4.80. The number of amides is 1. The lowest BCUT2D eigenvalue weighted by molar-refractivity contribution is 0.160. The number of ether oxygens (including phenoxy) is 1. The molecule has 1 saturated heterocycles. The number of hydrogen-bond donors (Lipinski definition) is 1. The van der Waals surface area contributed by atoms with E-state index < -0.39 is 6.09 Å². The average molecular weight is 299 g/mol. The first kappa shape index (κ1) is 15.0. The molecular formula is C12H21N5O2S. The van der Waals surface area contributed by atoms with E-state index >= 15 is 0 Å². The van der Waals surface area contributed by atoms with Gasteiger partial charge in [-0.15, -0.1) is 0 Å². The van der Waals surface area contributed by atoms with Gasteiger partial charge in [-0.2, -0.15) is 9.36 Å². The van der Waals surface area contributed by atoms with E-state index in [0.29, 0.717) is 17.7 Å². The first-order chi connectivity index (χ1) is 9.69. The molecular weight excluding hydrogens is 278 g/mol. The van der Waals surface area contributed by atoms with Crippen LogP contribution in [0.5, 0.6) is 0 Å². The fourth-order valence-corrected chi connectivity index (χ4v) is 2.41. The fourth-order valence-electron chi connectivity index (χ4n) is 1.83. The molecule has 1 fully saturated rings. The highest BCUT2D eigenvalue weighted by atomic mass is 32.1. The smallest absolute Gasteiger partial charge is 0.413 e. The molecule has 0 bridgehead atoms. The summed E-state index contributed by atoms with van der Waals surface area (Å²) in [7, 11) is 2.10. The number of piperazine rings is 1. The van der Waals surface area contributed by atoms with Gasteiger partial charge in [0, 0.05) is 37.7 Å². The van der Waals surface area contributed by atoms with Gasteiger partial charge in [-0.1, -0.05) is 13.3 Å². The van der Waals surface area contributed by atoms with Crippen molar-refractivity contribution < 1.29 is 9.53 Å². The Morgan fingerprint density at radius 3 is 2.85 bits per heavy atom. The third-order valence-electron chi connectivity index (χ3n) is 3.14. The monoisotopic (exact) mass is 299 g/mol. The molecule has 1 N–H and O–H groups in total. The second kappa shape index (κ2) is 7.39. The maximum absolute atomic E-state index is 11.5. The van der Waals surface area contributed by atoms with Crippen molar-refractivity contribution in [3.05, 3.63) is 0 Å². The van der Waals surface area contributed by atoms with E-state index in [-0.39, 0.29) is 0 Å². The van der Waals surface area contributed by atoms with E-state index in [9.17, 15) is 4.79 Å². The number of nitrogens with zero attached hydrogens (tertiary/aromatic N) is 4. The van der Waals surface area contributed by atoms with Crippen LogP contribution < -0.4 is 10.2 Å². The van der Waals surface area contributed by atoms with E-state index in [1.165, 1.54) is 11.5 Å². The van der Waals surface area contributed by atoms with E-state index in [1.807, 2.05) is 6.92 Å². The zero-order valence-corrected chi connectivity index (χ0v) is 12.8. The summed E-state index contributed by atoms with van der Waals surface area (Å²) in [6.45, 7) is 6.31. The van der Waals surface area contributed by atoms with Gasteiger partial charge in [0.25, 0.3) is 0 Å². The normalized spacial score (nSPS) is 16.2. The first-order valence-corrected chi connectivity index (χ1v) is 7.67. The van der Waals surface area contributed by atoms with Crippen LogP contribution in [0.3, 0.4) is 0 Å². The Bertz CT molecular complexity index is 431. The van der Waals surface area contributed by atoms with Crippen LogP contribution in [-0.4, -0.2) is 60.2 Å². The molecule has 1 aromatic rings. The third kappa shape index (κ3) is 4.31. The molecule has 7 nitrogen and oxygen atoms in total. The topological polar surface area (TPSA) is 70.6 Å². The fraction of sp³-hybridized carbons (Fsp3) is 0.750. The van der Waals surface area contributed by atoms with Gasteiger partial charge in [-0.05, 0) is 13.5 Å². The van der Waals surface area contributed by atoms with Gasteiger partial charge < -0.3 is 14.5 Å². The Morgan fingerprint density at radius 1 is 1.40 bits per heavy atom. The highest BCUT2D eigenvalue weighted by Gasteiger charge is 2.18. The largest absolute Gasteiger partial charge is 0.449 e. The van der Waals surface area contributed by atoms with Crippen molar-refractivity contribution in [3.8, 4) is 0 Å². The number of aromatic nitrogens is 2. The van der Waals surface area contributed by atoms with Crippen LogP contribution >= 0.6 is 11.5 Å². The predicted octanol–water partition coefficient (Wildman–Crippen LogP) is 1.64.